The average Bonchev–Trinajstić information content (AvgIpc) is 2.62. The van der Waals surface area contributed by atoms with E-state index in [2.05, 4.69) is 10.3 Å². The van der Waals surface area contributed by atoms with E-state index < -0.39 is 12.0 Å². The van der Waals surface area contributed by atoms with Gasteiger partial charge in [-0.05, 0) is 13.8 Å². The highest BCUT2D eigenvalue weighted by Gasteiger charge is 2.32. The highest BCUT2D eigenvalue weighted by atomic mass is 32.1. The molecule has 1 unspecified atom stereocenters. The van der Waals surface area contributed by atoms with Crippen LogP contribution in [0, 0.1) is 13.8 Å². The number of piperazine rings is 1. The monoisotopic (exact) mass is 283 g/mol. The van der Waals surface area contributed by atoms with Crippen molar-refractivity contribution in [3.8, 4) is 0 Å². The number of nitrogens with zero attached hydrogens (tertiary/aromatic N) is 2. The number of amides is 1. The Bertz CT molecular complexity index is 500. The topological polar surface area (TPSA) is 82.5 Å². The van der Waals surface area contributed by atoms with Crippen LogP contribution < -0.4 is 5.32 Å². The van der Waals surface area contributed by atoms with Gasteiger partial charge in [0.05, 0.1) is 17.1 Å². The third-order valence-corrected chi connectivity index (χ3v) is 4.21. The Morgan fingerprint density at radius 1 is 1.58 bits per heavy atom. The SMILES string of the molecule is Cc1nc(C)c(CN2CCNC(=O)C2CC(=O)O)s1. The minimum Gasteiger partial charge on any atom is -0.481 e. The molecule has 1 aromatic heterocycles. The number of carboxylic acids is 1. The van der Waals surface area contributed by atoms with Gasteiger partial charge in [0, 0.05) is 24.5 Å². The molecule has 1 aliphatic heterocycles. The van der Waals surface area contributed by atoms with E-state index in [0.29, 0.717) is 19.6 Å². The van der Waals surface area contributed by atoms with Gasteiger partial charge in [-0.1, -0.05) is 0 Å². The number of hydrogen-bond donors (Lipinski definition) is 2. The summed E-state index contributed by atoms with van der Waals surface area (Å²) in [6.45, 7) is 5.70. The smallest absolute Gasteiger partial charge is 0.305 e. The van der Waals surface area contributed by atoms with Crippen LogP contribution >= 0.6 is 11.3 Å². The Morgan fingerprint density at radius 3 is 2.89 bits per heavy atom. The molecule has 2 rings (SSSR count). The summed E-state index contributed by atoms with van der Waals surface area (Å²) in [5.41, 5.74) is 0.961. The van der Waals surface area contributed by atoms with Crippen molar-refractivity contribution in [1.82, 2.24) is 15.2 Å². The van der Waals surface area contributed by atoms with Gasteiger partial charge in [0.1, 0.15) is 6.04 Å². The molecule has 1 atom stereocenters. The van der Waals surface area contributed by atoms with Crippen LogP contribution in [0.3, 0.4) is 0 Å². The molecule has 1 saturated heterocycles. The minimum atomic E-state index is -0.954. The van der Waals surface area contributed by atoms with Crippen molar-refractivity contribution in [3.63, 3.8) is 0 Å². The third-order valence-electron chi connectivity index (χ3n) is 3.16. The Labute approximate surface area is 115 Å². The molecule has 1 fully saturated rings. The maximum absolute atomic E-state index is 11.8. The Balaban J connectivity index is 2.13. The predicted molar refractivity (Wildman–Crippen MR) is 71.0 cm³/mol. The standard InChI is InChI=1S/C12H17N3O3S/c1-7-10(19-8(2)14-7)6-15-4-3-13-12(18)9(15)5-11(16)17/h9H,3-6H2,1-2H3,(H,13,18)(H,16,17). The summed E-state index contributed by atoms with van der Waals surface area (Å²) < 4.78 is 0. The number of aryl methyl sites for hydroxylation is 2. The highest BCUT2D eigenvalue weighted by Crippen LogP contribution is 2.21. The summed E-state index contributed by atoms with van der Waals surface area (Å²) in [5.74, 6) is -1.16. The number of nitrogens with one attached hydrogen (secondary N) is 1. The van der Waals surface area contributed by atoms with Crippen LogP contribution in [-0.4, -0.2) is 46.0 Å². The molecule has 0 spiro atoms. The maximum Gasteiger partial charge on any atom is 0.305 e. The first-order valence-corrected chi connectivity index (χ1v) is 6.95. The number of rotatable bonds is 4. The number of carbonyl (C=O) groups excluding carboxylic acids is 1. The number of hydrogen-bond acceptors (Lipinski definition) is 5. The van der Waals surface area contributed by atoms with Crippen LogP contribution in [0.5, 0.6) is 0 Å². The number of thiazole rings is 1. The van der Waals surface area contributed by atoms with Crippen molar-refractivity contribution < 1.29 is 14.7 Å². The van der Waals surface area contributed by atoms with E-state index in [1.807, 2.05) is 18.7 Å². The van der Waals surface area contributed by atoms with Crippen molar-refractivity contribution in [2.75, 3.05) is 13.1 Å². The molecule has 1 aromatic rings. The summed E-state index contributed by atoms with van der Waals surface area (Å²) in [7, 11) is 0. The van der Waals surface area contributed by atoms with E-state index in [1.54, 1.807) is 11.3 Å². The van der Waals surface area contributed by atoms with E-state index in [1.165, 1.54) is 0 Å². The number of aromatic nitrogens is 1. The first-order valence-electron chi connectivity index (χ1n) is 6.14. The molecule has 19 heavy (non-hydrogen) atoms. The first kappa shape index (κ1) is 14.0. The van der Waals surface area contributed by atoms with E-state index in [9.17, 15) is 9.59 Å². The third kappa shape index (κ3) is 3.30. The van der Waals surface area contributed by atoms with E-state index in [4.69, 9.17) is 5.11 Å². The van der Waals surface area contributed by atoms with Crippen molar-refractivity contribution in [3.05, 3.63) is 15.6 Å². The van der Waals surface area contributed by atoms with Gasteiger partial charge < -0.3 is 10.4 Å². The second kappa shape index (κ2) is 5.66. The largest absolute Gasteiger partial charge is 0.481 e. The lowest BCUT2D eigenvalue weighted by atomic mass is 10.1. The number of carbonyl (C=O) groups is 2. The zero-order valence-electron chi connectivity index (χ0n) is 11.0. The molecular formula is C12H17N3O3S. The Morgan fingerprint density at radius 2 is 2.32 bits per heavy atom. The molecule has 104 valence electrons. The quantitative estimate of drug-likeness (QED) is 0.842. The fourth-order valence-corrected chi connectivity index (χ4v) is 3.21. The van der Waals surface area contributed by atoms with Gasteiger partial charge in [-0.3, -0.25) is 14.5 Å². The Kier molecular flexibility index (Phi) is 4.16. The number of carboxylic acid groups (broad SMARTS) is 1. The summed E-state index contributed by atoms with van der Waals surface area (Å²) in [4.78, 5) is 30.0. The van der Waals surface area contributed by atoms with Crippen molar-refractivity contribution in [1.29, 1.82) is 0 Å². The van der Waals surface area contributed by atoms with Gasteiger partial charge in [-0.25, -0.2) is 4.98 Å². The molecule has 2 N–H and O–H groups in total. The van der Waals surface area contributed by atoms with Gasteiger partial charge >= 0.3 is 5.97 Å². The van der Waals surface area contributed by atoms with E-state index in [-0.39, 0.29) is 12.3 Å². The van der Waals surface area contributed by atoms with Gasteiger partial charge in [-0.15, -0.1) is 11.3 Å². The van der Waals surface area contributed by atoms with Gasteiger partial charge in [-0.2, -0.15) is 0 Å². The van der Waals surface area contributed by atoms with Gasteiger partial charge in [0.15, 0.2) is 0 Å². The second-order valence-electron chi connectivity index (χ2n) is 4.62. The molecule has 0 aromatic carbocycles. The molecule has 6 nitrogen and oxygen atoms in total. The van der Waals surface area contributed by atoms with Crippen LogP contribution in [-0.2, 0) is 16.1 Å². The molecule has 2 heterocycles. The van der Waals surface area contributed by atoms with Crippen LogP contribution in [0.1, 0.15) is 22.0 Å². The lowest BCUT2D eigenvalue weighted by Crippen LogP contribution is -2.55. The summed E-state index contributed by atoms with van der Waals surface area (Å²) >= 11 is 1.60. The summed E-state index contributed by atoms with van der Waals surface area (Å²) in [6, 6.07) is -0.590. The molecule has 1 aliphatic rings. The van der Waals surface area contributed by atoms with Crippen LogP contribution in [0.4, 0.5) is 0 Å². The fraction of sp³-hybridized carbons (Fsp3) is 0.583. The van der Waals surface area contributed by atoms with Crippen LogP contribution in [0.2, 0.25) is 0 Å². The molecule has 0 aliphatic carbocycles. The average molecular weight is 283 g/mol. The maximum atomic E-state index is 11.8. The fourth-order valence-electron chi connectivity index (χ4n) is 2.24. The van der Waals surface area contributed by atoms with Crippen LogP contribution in [0.25, 0.3) is 0 Å². The van der Waals surface area contributed by atoms with Crippen molar-refractivity contribution in [2.24, 2.45) is 0 Å². The van der Waals surface area contributed by atoms with Crippen LogP contribution in [0.15, 0.2) is 0 Å². The zero-order valence-corrected chi connectivity index (χ0v) is 11.8. The summed E-state index contributed by atoms with van der Waals surface area (Å²) in [5, 5.41) is 12.6. The van der Waals surface area contributed by atoms with E-state index >= 15 is 0 Å². The van der Waals surface area contributed by atoms with Gasteiger partial charge in [0.25, 0.3) is 0 Å². The lowest BCUT2D eigenvalue weighted by molar-refractivity contribution is -0.143. The van der Waals surface area contributed by atoms with Crippen molar-refractivity contribution in [2.45, 2.75) is 32.9 Å². The number of aliphatic carboxylic acids is 1. The Hall–Kier alpha value is -1.47. The summed E-state index contributed by atoms with van der Waals surface area (Å²) in [6.07, 6.45) is -0.164. The van der Waals surface area contributed by atoms with Crippen molar-refractivity contribution >= 4 is 23.2 Å². The minimum absolute atomic E-state index is 0.164. The molecular weight excluding hydrogens is 266 g/mol. The predicted octanol–water partition coefficient (Wildman–Crippen LogP) is 0.535. The molecule has 7 heteroatoms. The normalized spacial score (nSPS) is 20.3. The second-order valence-corrected chi connectivity index (χ2v) is 5.90. The highest BCUT2D eigenvalue weighted by molar-refractivity contribution is 7.11. The van der Waals surface area contributed by atoms with E-state index in [0.717, 1.165) is 15.6 Å². The molecule has 0 saturated carbocycles. The first-order chi connectivity index (χ1) is 8.97. The molecule has 0 bridgehead atoms. The molecule has 1 amide bonds. The lowest BCUT2D eigenvalue weighted by Gasteiger charge is -2.33. The zero-order chi connectivity index (χ0) is 14.0. The molecule has 0 radical (unpaired) electrons. The van der Waals surface area contributed by atoms with Gasteiger partial charge in [0.2, 0.25) is 5.91 Å².